The molecule has 0 unspecified atom stereocenters. The Hall–Kier alpha value is -1.63. The second-order valence-corrected chi connectivity index (χ2v) is 5.47. The highest BCUT2D eigenvalue weighted by molar-refractivity contribution is 5.89. The van der Waals surface area contributed by atoms with Gasteiger partial charge in [0.2, 0.25) is 17.7 Å². The van der Waals surface area contributed by atoms with Gasteiger partial charge in [0.25, 0.3) is 0 Å². The Labute approximate surface area is 119 Å². The minimum atomic E-state index is -0.625. The summed E-state index contributed by atoms with van der Waals surface area (Å²) >= 11 is 0. The van der Waals surface area contributed by atoms with Crippen molar-refractivity contribution in [2.24, 2.45) is 11.7 Å². The standard InChI is InChI=1S/C13H24N4O3/c1-9(2)12(14)13(20)15-7-10(18)17-6-4-5-16(3)11(19)8-17/h9,12H,4-8,14H2,1-3H3,(H,15,20)/t12-/m0/s1. The monoisotopic (exact) mass is 284 g/mol. The summed E-state index contributed by atoms with van der Waals surface area (Å²) in [4.78, 5) is 38.5. The molecule has 0 spiro atoms. The van der Waals surface area contributed by atoms with Gasteiger partial charge in [0, 0.05) is 20.1 Å². The summed E-state index contributed by atoms with van der Waals surface area (Å²) in [5.74, 6) is -0.663. The topological polar surface area (TPSA) is 95.7 Å². The lowest BCUT2D eigenvalue weighted by molar-refractivity contribution is -0.138. The SMILES string of the molecule is CC(C)[C@H](N)C(=O)NCC(=O)N1CCCN(C)C(=O)C1. The molecule has 7 heteroatoms. The number of nitrogens with one attached hydrogen (secondary N) is 1. The number of nitrogens with zero attached hydrogens (tertiary/aromatic N) is 2. The number of hydrogen-bond acceptors (Lipinski definition) is 4. The van der Waals surface area contributed by atoms with Gasteiger partial charge in [0.15, 0.2) is 0 Å². The van der Waals surface area contributed by atoms with Crippen LogP contribution >= 0.6 is 0 Å². The Bertz CT molecular complexity index is 384. The van der Waals surface area contributed by atoms with Crippen LogP contribution in [0.25, 0.3) is 0 Å². The molecule has 0 aliphatic carbocycles. The first-order chi connectivity index (χ1) is 9.32. The maximum atomic E-state index is 12.0. The summed E-state index contributed by atoms with van der Waals surface area (Å²) in [7, 11) is 1.72. The molecule has 3 amide bonds. The van der Waals surface area contributed by atoms with E-state index in [9.17, 15) is 14.4 Å². The molecule has 1 rings (SSSR count). The second-order valence-electron chi connectivity index (χ2n) is 5.47. The molecule has 1 aliphatic heterocycles. The van der Waals surface area contributed by atoms with Gasteiger partial charge in [-0.1, -0.05) is 13.8 Å². The Balaban J connectivity index is 2.46. The van der Waals surface area contributed by atoms with Crippen LogP contribution in [0, 0.1) is 5.92 Å². The first-order valence-corrected chi connectivity index (χ1v) is 6.88. The molecule has 0 aromatic carbocycles. The van der Waals surface area contributed by atoms with Crippen molar-refractivity contribution in [3.63, 3.8) is 0 Å². The van der Waals surface area contributed by atoms with E-state index in [1.54, 1.807) is 11.9 Å². The minimum absolute atomic E-state index is 0.0125. The van der Waals surface area contributed by atoms with Crippen LogP contribution in [-0.2, 0) is 14.4 Å². The van der Waals surface area contributed by atoms with E-state index in [2.05, 4.69) is 5.32 Å². The van der Waals surface area contributed by atoms with Crippen molar-refractivity contribution in [3.8, 4) is 0 Å². The Morgan fingerprint density at radius 1 is 1.35 bits per heavy atom. The van der Waals surface area contributed by atoms with Gasteiger partial charge in [0.05, 0.1) is 19.1 Å². The number of nitrogens with two attached hydrogens (primary N) is 1. The van der Waals surface area contributed by atoms with Crippen LogP contribution < -0.4 is 11.1 Å². The van der Waals surface area contributed by atoms with Gasteiger partial charge in [-0.2, -0.15) is 0 Å². The van der Waals surface area contributed by atoms with Gasteiger partial charge >= 0.3 is 0 Å². The van der Waals surface area contributed by atoms with E-state index in [-0.39, 0.29) is 36.7 Å². The lowest BCUT2D eigenvalue weighted by Crippen LogP contribution is -2.48. The second kappa shape index (κ2) is 7.23. The lowest BCUT2D eigenvalue weighted by atomic mass is 10.1. The van der Waals surface area contributed by atoms with Gasteiger partial charge < -0.3 is 20.9 Å². The van der Waals surface area contributed by atoms with Gasteiger partial charge in [-0.15, -0.1) is 0 Å². The maximum Gasteiger partial charge on any atom is 0.242 e. The molecule has 3 N–H and O–H groups in total. The summed E-state index contributed by atoms with van der Waals surface area (Å²) in [5, 5.41) is 2.53. The quantitative estimate of drug-likeness (QED) is 0.676. The van der Waals surface area contributed by atoms with E-state index in [0.29, 0.717) is 13.1 Å². The zero-order valence-electron chi connectivity index (χ0n) is 12.4. The average Bonchev–Trinajstić information content (AvgIpc) is 2.57. The van der Waals surface area contributed by atoms with Crippen LogP contribution in [-0.4, -0.2) is 66.8 Å². The zero-order valence-corrected chi connectivity index (χ0v) is 12.4. The molecular weight excluding hydrogens is 260 g/mol. The largest absolute Gasteiger partial charge is 0.346 e. The Morgan fingerprint density at radius 2 is 2.00 bits per heavy atom. The van der Waals surface area contributed by atoms with E-state index in [4.69, 9.17) is 5.73 Å². The number of likely N-dealkylation sites (N-methyl/N-ethyl adjacent to an activating group) is 1. The molecule has 7 nitrogen and oxygen atoms in total. The first kappa shape index (κ1) is 16.4. The molecule has 1 saturated heterocycles. The van der Waals surface area contributed by atoms with Crippen molar-refractivity contribution in [2.75, 3.05) is 33.2 Å². The third kappa shape index (κ3) is 4.48. The van der Waals surface area contributed by atoms with Crippen LogP contribution in [0.5, 0.6) is 0 Å². The van der Waals surface area contributed by atoms with Gasteiger partial charge in [-0.25, -0.2) is 0 Å². The van der Waals surface area contributed by atoms with Gasteiger partial charge in [-0.3, -0.25) is 14.4 Å². The summed E-state index contributed by atoms with van der Waals surface area (Å²) in [5.41, 5.74) is 5.69. The number of carbonyl (C=O) groups is 3. The van der Waals surface area contributed by atoms with Crippen LogP contribution in [0.1, 0.15) is 20.3 Å². The molecule has 1 heterocycles. The highest BCUT2D eigenvalue weighted by atomic mass is 16.2. The lowest BCUT2D eigenvalue weighted by Gasteiger charge is -2.21. The van der Waals surface area contributed by atoms with Crippen molar-refractivity contribution < 1.29 is 14.4 Å². The van der Waals surface area contributed by atoms with Crippen molar-refractivity contribution in [2.45, 2.75) is 26.3 Å². The molecule has 0 aromatic rings. The molecule has 0 bridgehead atoms. The van der Waals surface area contributed by atoms with Crippen LogP contribution in [0.3, 0.4) is 0 Å². The van der Waals surface area contributed by atoms with Crippen LogP contribution in [0.15, 0.2) is 0 Å². The van der Waals surface area contributed by atoms with Crippen molar-refractivity contribution in [3.05, 3.63) is 0 Å². The fraction of sp³-hybridized carbons (Fsp3) is 0.769. The summed E-state index contributed by atoms with van der Waals surface area (Å²) in [6.07, 6.45) is 0.743. The van der Waals surface area contributed by atoms with Crippen LogP contribution in [0.2, 0.25) is 0 Å². The fourth-order valence-corrected chi connectivity index (χ4v) is 1.89. The molecule has 1 fully saturated rings. The molecule has 114 valence electrons. The summed E-state index contributed by atoms with van der Waals surface area (Å²) in [6, 6.07) is -0.625. The fourth-order valence-electron chi connectivity index (χ4n) is 1.89. The highest BCUT2D eigenvalue weighted by Crippen LogP contribution is 2.03. The smallest absolute Gasteiger partial charge is 0.242 e. The molecule has 0 radical (unpaired) electrons. The van der Waals surface area contributed by atoms with E-state index in [1.807, 2.05) is 13.8 Å². The highest BCUT2D eigenvalue weighted by Gasteiger charge is 2.24. The average molecular weight is 284 g/mol. The number of rotatable bonds is 4. The first-order valence-electron chi connectivity index (χ1n) is 6.88. The summed E-state index contributed by atoms with van der Waals surface area (Å²) < 4.78 is 0. The van der Waals surface area contributed by atoms with E-state index in [0.717, 1.165) is 6.42 Å². The number of amides is 3. The predicted molar refractivity (Wildman–Crippen MR) is 74.7 cm³/mol. The third-order valence-electron chi connectivity index (χ3n) is 3.46. The van der Waals surface area contributed by atoms with Crippen molar-refractivity contribution in [1.82, 2.24) is 15.1 Å². The number of hydrogen-bond donors (Lipinski definition) is 2. The van der Waals surface area contributed by atoms with Crippen molar-refractivity contribution in [1.29, 1.82) is 0 Å². The molecule has 1 atom stereocenters. The molecule has 1 aliphatic rings. The Kier molecular flexibility index (Phi) is 5.94. The third-order valence-corrected chi connectivity index (χ3v) is 3.46. The normalized spacial score (nSPS) is 17.9. The summed E-state index contributed by atoms with van der Waals surface area (Å²) in [6.45, 7) is 4.82. The van der Waals surface area contributed by atoms with Gasteiger partial charge in [0.1, 0.15) is 0 Å². The van der Waals surface area contributed by atoms with E-state index >= 15 is 0 Å². The molecule has 20 heavy (non-hydrogen) atoms. The zero-order chi connectivity index (χ0) is 15.3. The van der Waals surface area contributed by atoms with Crippen molar-refractivity contribution >= 4 is 17.7 Å². The van der Waals surface area contributed by atoms with E-state index < -0.39 is 6.04 Å². The van der Waals surface area contributed by atoms with E-state index in [1.165, 1.54) is 4.90 Å². The maximum absolute atomic E-state index is 12.0. The molecule has 0 saturated carbocycles. The van der Waals surface area contributed by atoms with Gasteiger partial charge in [-0.05, 0) is 12.3 Å². The van der Waals surface area contributed by atoms with Crippen LogP contribution in [0.4, 0.5) is 0 Å². The Morgan fingerprint density at radius 3 is 2.60 bits per heavy atom. The predicted octanol–water partition coefficient (Wildman–Crippen LogP) is -1.22. The molecule has 0 aromatic heterocycles. The number of carbonyl (C=O) groups excluding carboxylic acids is 3. The minimum Gasteiger partial charge on any atom is -0.346 e. The molecular formula is C13H24N4O3.